The second-order valence-corrected chi connectivity index (χ2v) is 6.33. The van der Waals surface area contributed by atoms with E-state index in [-0.39, 0.29) is 5.41 Å². The maximum Gasteiger partial charge on any atom is 0.124 e. The number of benzene rings is 1. The van der Waals surface area contributed by atoms with E-state index in [1.54, 1.807) is 0 Å². The SMILES string of the molecule is CCc1cc(C2CCCN2)c(O)c(C(C)(C)C)c1. The van der Waals surface area contributed by atoms with Gasteiger partial charge in [-0.25, -0.2) is 0 Å². The first kappa shape index (κ1) is 13.4. The number of phenolic OH excluding ortho intramolecular Hbond substituents is 1. The highest BCUT2D eigenvalue weighted by molar-refractivity contribution is 5.48. The average molecular weight is 247 g/mol. The number of aryl methyl sites for hydroxylation is 1. The van der Waals surface area contributed by atoms with Gasteiger partial charge in [0.2, 0.25) is 0 Å². The summed E-state index contributed by atoms with van der Waals surface area (Å²) in [6, 6.07) is 4.67. The highest BCUT2D eigenvalue weighted by Gasteiger charge is 2.25. The summed E-state index contributed by atoms with van der Waals surface area (Å²) >= 11 is 0. The fourth-order valence-electron chi connectivity index (χ4n) is 2.71. The molecule has 2 heteroatoms. The lowest BCUT2D eigenvalue weighted by molar-refractivity contribution is 0.431. The molecule has 0 bridgehead atoms. The Morgan fingerprint density at radius 3 is 2.56 bits per heavy atom. The van der Waals surface area contributed by atoms with E-state index in [1.807, 2.05) is 0 Å². The Morgan fingerprint density at radius 1 is 1.33 bits per heavy atom. The zero-order valence-corrected chi connectivity index (χ0v) is 12.0. The second-order valence-electron chi connectivity index (χ2n) is 6.33. The van der Waals surface area contributed by atoms with Crippen LogP contribution in [0.5, 0.6) is 5.75 Å². The smallest absolute Gasteiger partial charge is 0.124 e. The quantitative estimate of drug-likeness (QED) is 0.835. The Kier molecular flexibility index (Phi) is 3.67. The minimum Gasteiger partial charge on any atom is -0.507 e. The fraction of sp³-hybridized carbons (Fsp3) is 0.625. The lowest BCUT2D eigenvalue weighted by Gasteiger charge is -2.25. The Balaban J connectivity index is 2.51. The molecule has 1 atom stereocenters. The van der Waals surface area contributed by atoms with Crippen molar-refractivity contribution in [2.24, 2.45) is 0 Å². The molecule has 1 aromatic rings. The molecule has 2 N–H and O–H groups in total. The molecule has 18 heavy (non-hydrogen) atoms. The van der Waals surface area contributed by atoms with Gasteiger partial charge in [-0.1, -0.05) is 39.8 Å². The molecule has 1 aliphatic rings. The van der Waals surface area contributed by atoms with Gasteiger partial charge >= 0.3 is 0 Å². The maximum atomic E-state index is 10.6. The molecule has 2 rings (SSSR count). The van der Waals surface area contributed by atoms with E-state index in [0.717, 1.165) is 30.5 Å². The second kappa shape index (κ2) is 4.93. The number of hydrogen-bond acceptors (Lipinski definition) is 2. The molecule has 0 aromatic heterocycles. The zero-order valence-electron chi connectivity index (χ0n) is 12.0. The van der Waals surface area contributed by atoms with E-state index in [0.29, 0.717) is 11.8 Å². The van der Waals surface area contributed by atoms with Crippen LogP contribution in [-0.4, -0.2) is 11.7 Å². The molecule has 1 saturated heterocycles. The van der Waals surface area contributed by atoms with Gasteiger partial charge in [0.1, 0.15) is 5.75 Å². The molecule has 0 spiro atoms. The van der Waals surface area contributed by atoms with E-state index in [4.69, 9.17) is 0 Å². The van der Waals surface area contributed by atoms with E-state index >= 15 is 0 Å². The molecule has 1 heterocycles. The first-order valence-corrected chi connectivity index (χ1v) is 7.03. The summed E-state index contributed by atoms with van der Waals surface area (Å²) in [5, 5.41) is 14.0. The van der Waals surface area contributed by atoms with Gasteiger partial charge in [-0.2, -0.15) is 0 Å². The monoisotopic (exact) mass is 247 g/mol. The zero-order chi connectivity index (χ0) is 13.3. The van der Waals surface area contributed by atoms with Crippen LogP contribution < -0.4 is 5.32 Å². The third kappa shape index (κ3) is 2.54. The number of phenols is 1. The molecular weight excluding hydrogens is 222 g/mol. The van der Waals surface area contributed by atoms with Crippen LogP contribution in [0.2, 0.25) is 0 Å². The average Bonchev–Trinajstić information content (AvgIpc) is 2.81. The van der Waals surface area contributed by atoms with Crippen molar-refractivity contribution in [1.29, 1.82) is 0 Å². The molecule has 1 aliphatic heterocycles. The number of nitrogens with one attached hydrogen (secondary N) is 1. The molecule has 0 amide bonds. The van der Waals surface area contributed by atoms with Crippen molar-refractivity contribution < 1.29 is 5.11 Å². The van der Waals surface area contributed by atoms with Crippen molar-refractivity contribution in [2.75, 3.05) is 6.54 Å². The topological polar surface area (TPSA) is 32.3 Å². The first-order valence-electron chi connectivity index (χ1n) is 7.03. The van der Waals surface area contributed by atoms with Crippen LogP contribution >= 0.6 is 0 Å². The van der Waals surface area contributed by atoms with Gasteiger partial charge in [0.25, 0.3) is 0 Å². The van der Waals surface area contributed by atoms with Gasteiger partial charge < -0.3 is 10.4 Å². The summed E-state index contributed by atoms with van der Waals surface area (Å²) in [7, 11) is 0. The predicted molar refractivity (Wildman–Crippen MR) is 76.2 cm³/mol. The summed E-state index contributed by atoms with van der Waals surface area (Å²) < 4.78 is 0. The Morgan fingerprint density at radius 2 is 2.06 bits per heavy atom. The van der Waals surface area contributed by atoms with Gasteiger partial charge in [0.05, 0.1) is 0 Å². The third-order valence-corrected chi connectivity index (χ3v) is 3.85. The number of rotatable bonds is 2. The highest BCUT2D eigenvalue weighted by atomic mass is 16.3. The molecule has 0 saturated carbocycles. The first-order chi connectivity index (χ1) is 8.43. The van der Waals surface area contributed by atoms with Crippen molar-refractivity contribution in [3.8, 4) is 5.75 Å². The predicted octanol–water partition coefficient (Wildman–Crippen LogP) is 3.68. The number of aromatic hydroxyl groups is 1. The van der Waals surface area contributed by atoms with Crippen molar-refractivity contribution in [2.45, 2.75) is 58.4 Å². The van der Waals surface area contributed by atoms with E-state index in [1.165, 1.54) is 12.0 Å². The van der Waals surface area contributed by atoms with Crippen molar-refractivity contribution in [1.82, 2.24) is 5.32 Å². The molecule has 100 valence electrons. The molecular formula is C16H25NO. The summed E-state index contributed by atoms with van der Waals surface area (Å²) in [4.78, 5) is 0. The van der Waals surface area contributed by atoms with Crippen molar-refractivity contribution in [3.05, 3.63) is 28.8 Å². The molecule has 1 aromatic carbocycles. The minimum atomic E-state index is -0.0113. The van der Waals surface area contributed by atoms with E-state index < -0.39 is 0 Å². The van der Waals surface area contributed by atoms with Gasteiger partial charge in [-0.15, -0.1) is 0 Å². The van der Waals surface area contributed by atoms with Crippen molar-refractivity contribution in [3.63, 3.8) is 0 Å². The molecule has 1 fully saturated rings. The molecule has 0 radical (unpaired) electrons. The number of hydrogen-bond donors (Lipinski definition) is 2. The summed E-state index contributed by atoms with van der Waals surface area (Å²) in [5.41, 5.74) is 3.48. The van der Waals surface area contributed by atoms with Crippen LogP contribution in [0.15, 0.2) is 12.1 Å². The van der Waals surface area contributed by atoms with Gasteiger partial charge in [-0.3, -0.25) is 0 Å². The third-order valence-electron chi connectivity index (χ3n) is 3.85. The molecule has 1 unspecified atom stereocenters. The Hall–Kier alpha value is -1.02. The standard InChI is InChI=1S/C16H25NO/c1-5-11-9-12(14-7-6-8-17-14)15(18)13(10-11)16(2,3)4/h9-10,14,17-18H,5-8H2,1-4H3. The summed E-state index contributed by atoms with van der Waals surface area (Å²) in [6.07, 6.45) is 3.35. The van der Waals surface area contributed by atoms with Gasteiger partial charge in [0, 0.05) is 11.6 Å². The normalized spacial score (nSPS) is 20.3. The summed E-state index contributed by atoms with van der Waals surface area (Å²) in [6.45, 7) is 9.71. The Labute approximate surface area is 110 Å². The highest BCUT2D eigenvalue weighted by Crippen LogP contribution is 2.39. The summed E-state index contributed by atoms with van der Waals surface area (Å²) in [5.74, 6) is 0.499. The Bertz CT molecular complexity index is 425. The lowest BCUT2D eigenvalue weighted by atomic mass is 9.82. The fourth-order valence-corrected chi connectivity index (χ4v) is 2.71. The van der Waals surface area contributed by atoms with Gasteiger partial charge in [0.15, 0.2) is 0 Å². The maximum absolute atomic E-state index is 10.6. The molecule has 2 nitrogen and oxygen atoms in total. The van der Waals surface area contributed by atoms with Crippen molar-refractivity contribution >= 4 is 0 Å². The largest absolute Gasteiger partial charge is 0.507 e. The van der Waals surface area contributed by atoms with Crippen LogP contribution in [0.25, 0.3) is 0 Å². The van der Waals surface area contributed by atoms with E-state index in [9.17, 15) is 5.11 Å². The minimum absolute atomic E-state index is 0.0113. The van der Waals surface area contributed by atoms with Crippen LogP contribution in [0, 0.1) is 0 Å². The van der Waals surface area contributed by atoms with Crippen LogP contribution in [0.1, 0.15) is 63.3 Å². The van der Waals surface area contributed by atoms with Crippen LogP contribution in [0.3, 0.4) is 0 Å². The lowest BCUT2D eigenvalue weighted by Crippen LogP contribution is -2.17. The molecule has 0 aliphatic carbocycles. The van der Waals surface area contributed by atoms with Crippen LogP contribution in [-0.2, 0) is 11.8 Å². The van der Waals surface area contributed by atoms with Gasteiger partial charge in [-0.05, 0) is 42.3 Å². The van der Waals surface area contributed by atoms with Crippen LogP contribution in [0.4, 0.5) is 0 Å². The van der Waals surface area contributed by atoms with E-state index in [2.05, 4.69) is 45.1 Å².